The molecule has 0 aromatic heterocycles. The predicted octanol–water partition coefficient (Wildman–Crippen LogP) is 3.60. The molecular formula is C18H22ClF3N2O2. The second-order valence-electron chi connectivity index (χ2n) is 6.70. The molecule has 4 nitrogen and oxygen atoms in total. The summed E-state index contributed by atoms with van der Waals surface area (Å²) in [5.41, 5.74) is -0.916. The number of nitrogens with zero attached hydrogens (tertiary/aromatic N) is 1. The third-order valence-electron chi connectivity index (χ3n) is 4.30. The van der Waals surface area contributed by atoms with E-state index in [0.717, 1.165) is 25.2 Å². The molecule has 1 saturated heterocycles. The summed E-state index contributed by atoms with van der Waals surface area (Å²) in [4.78, 5) is 14.3. The lowest BCUT2D eigenvalue weighted by Crippen LogP contribution is -2.55. The maximum Gasteiger partial charge on any atom is 0.416 e. The van der Waals surface area contributed by atoms with E-state index < -0.39 is 11.7 Å². The van der Waals surface area contributed by atoms with E-state index in [4.69, 9.17) is 16.3 Å². The van der Waals surface area contributed by atoms with Gasteiger partial charge in [0.05, 0.1) is 18.8 Å². The quantitative estimate of drug-likeness (QED) is 0.781. The number of halogens is 4. The summed E-state index contributed by atoms with van der Waals surface area (Å²) >= 11 is 5.91. The number of rotatable bonds is 5. The van der Waals surface area contributed by atoms with Crippen molar-refractivity contribution in [3.63, 3.8) is 0 Å². The van der Waals surface area contributed by atoms with Gasteiger partial charge in [0.15, 0.2) is 0 Å². The number of carbonyl (C=O) groups excluding carboxylic acids is 1. The molecule has 1 fully saturated rings. The molecule has 1 heterocycles. The number of benzene rings is 1. The molecule has 2 rings (SSSR count). The zero-order chi connectivity index (χ0) is 19.4. The maximum atomic E-state index is 12.8. The Bertz CT molecular complexity index is 669. The van der Waals surface area contributed by atoms with Crippen LogP contribution < -0.4 is 5.32 Å². The molecule has 0 spiro atoms. The van der Waals surface area contributed by atoms with Gasteiger partial charge < -0.3 is 10.1 Å². The van der Waals surface area contributed by atoms with Crippen molar-refractivity contribution in [2.75, 3.05) is 32.8 Å². The average molecular weight is 391 g/mol. The Morgan fingerprint density at radius 1 is 1.31 bits per heavy atom. The number of hydrogen-bond acceptors (Lipinski definition) is 3. The van der Waals surface area contributed by atoms with Crippen LogP contribution in [0.2, 0.25) is 5.02 Å². The highest BCUT2D eigenvalue weighted by Gasteiger charge is 2.31. The molecule has 0 saturated carbocycles. The highest BCUT2D eigenvalue weighted by molar-refractivity contribution is 6.32. The summed E-state index contributed by atoms with van der Waals surface area (Å²) in [6, 6.07) is 3.00. The fourth-order valence-electron chi connectivity index (χ4n) is 2.66. The van der Waals surface area contributed by atoms with Crippen LogP contribution in [0, 0.1) is 0 Å². The number of ether oxygens (including phenoxy) is 1. The van der Waals surface area contributed by atoms with Gasteiger partial charge in [-0.05, 0) is 43.7 Å². The van der Waals surface area contributed by atoms with Gasteiger partial charge in [-0.1, -0.05) is 11.6 Å². The molecule has 144 valence electrons. The van der Waals surface area contributed by atoms with E-state index >= 15 is 0 Å². The molecule has 0 bridgehead atoms. The minimum absolute atomic E-state index is 0.143. The number of hydrogen-bond donors (Lipinski definition) is 1. The molecule has 1 N–H and O–H groups in total. The number of carbonyl (C=O) groups is 1. The van der Waals surface area contributed by atoms with E-state index in [1.165, 1.54) is 18.2 Å². The molecular weight excluding hydrogens is 369 g/mol. The van der Waals surface area contributed by atoms with Gasteiger partial charge in [0, 0.05) is 36.3 Å². The summed E-state index contributed by atoms with van der Waals surface area (Å²) < 4.78 is 43.6. The summed E-state index contributed by atoms with van der Waals surface area (Å²) in [6.07, 6.45) is -1.98. The van der Waals surface area contributed by atoms with Crippen molar-refractivity contribution in [3.8, 4) is 0 Å². The summed E-state index contributed by atoms with van der Waals surface area (Å²) in [5, 5.41) is 2.93. The van der Waals surface area contributed by atoms with E-state index in [2.05, 4.69) is 10.2 Å². The zero-order valence-electron chi connectivity index (χ0n) is 14.7. The second-order valence-corrected chi connectivity index (χ2v) is 7.10. The van der Waals surface area contributed by atoms with Crippen molar-refractivity contribution in [3.05, 3.63) is 40.4 Å². The van der Waals surface area contributed by atoms with Crippen LogP contribution in [-0.2, 0) is 15.7 Å². The topological polar surface area (TPSA) is 41.6 Å². The molecule has 1 aliphatic rings. The Labute approximate surface area is 155 Å². The van der Waals surface area contributed by atoms with Crippen molar-refractivity contribution in [2.24, 2.45) is 0 Å². The van der Waals surface area contributed by atoms with Gasteiger partial charge in [0.25, 0.3) is 0 Å². The van der Waals surface area contributed by atoms with Gasteiger partial charge in [-0.25, -0.2) is 0 Å². The lowest BCUT2D eigenvalue weighted by molar-refractivity contribution is -0.137. The molecule has 0 atom stereocenters. The van der Waals surface area contributed by atoms with Crippen LogP contribution in [0.4, 0.5) is 13.2 Å². The van der Waals surface area contributed by atoms with E-state index in [0.29, 0.717) is 19.8 Å². The maximum absolute atomic E-state index is 12.8. The smallest absolute Gasteiger partial charge is 0.379 e. The van der Waals surface area contributed by atoms with Gasteiger partial charge in [-0.3, -0.25) is 9.69 Å². The Hall–Kier alpha value is -1.57. The summed E-state index contributed by atoms with van der Waals surface area (Å²) in [7, 11) is 0. The largest absolute Gasteiger partial charge is 0.416 e. The first-order chi connectivity index (χ1) is 12.1. The molecule has 1 aromatic carbocycles. The molecule has 1 aliphatic heterocycles. The van der Waals surface area contributed by atoms with Crippen LogP contribution in [0.15, 0.2) is 24.3 Å². The van der Waals surface area contributed by atoms with E-state index in [1.807, 2.05) is 13.8 Å². The SMILES string of the molecule is CC(C)(CNC(=O)/C=C/c1cc(C(F)(F)F)ccc1Cl)N1CCOCC1. The standard InChI is InChI=1S/C18H22ClF3N2O2/c1-17(2,24-7-9-26-10-8-24)12-23-16(25)6-3-13-11-14(18(20,21)22)4-5-15(13)19/h3-6,11H,7-10,12H2,1-2H3,(H,23,25)/b6-3+. The molecule has 0 radical (unpaired) electrons. The van der Waals surface area contributed by atoms with Crippen LogP contribution in [0.25, 0.3) is 6.08 Å². The van der Waals surface area contributed by atoms with Gasteiger partial charge in [-0.2, -0.15) is 13.2 Å². The molecule has 0 unspecified atom stereocenters. The van der Waals surface area contributed by atoms with Crippen LogP contribution >= 0.6 is 11.6 Å². The molecule has 26 heavy (non-hydrogen) atoms. The van der Waals surface area contributed by atoms with Crippen molar-refractivity contribution in [1.82, 2.24) is 10.2 Å². The molecule has 0 aliphatic carbocycles. The van der Waals surface area contributed by atoms with Crippen molar-refractivity contribution in [2.45, 2.75) is 25.6 Å². The van der Waals surface area contributed by atoms with E-state index in [1.54, 1.807) is 0 Å². The monoisotopic (exact) mass is 390 g/mol. The molecule has 8 heteroatoms. The number of amides is 1. The molecule has 1 amide bonds. The van der Waals surface area contributed by atoms with Crippen molar-refractivity contribution in [1.29, 1.82) is 0 Å². The van der Waals surface area contributed by atoms with Crippen LogP contribution in [-0.4, -0.2) is 49.2 Å². The Morgan fingerprint density at radius 3 is 2.58 bits per heavy atom. The Kier molecular flexibility index (Phi) is 6.71. The second kappa shape index (κ2) is 8.41. The van der Waals surface area contributed by atoms with Crippen LogP contribution in [0.1, 0.15) is 25.0 Å². The predicted molar refractivity (Wildman–Crippen MR) is 95.0 cm³/mol. The first-order valence-electron chi connectivity index (χ1n) is 8.25. The normalized spacial score (nSPS) is 16.8. The van der Waals surface area contributed by atoms with Gasteiger partial charge >= 0.3 is 6.18 Å². The number of nitrogens with one attached hydrogen (secondary N) is 1. The van der Waals surface area contributed by atoms with Gasteiger partial charge in [-0.15, -0.1) is 0 Å². The number of alkyl halides is 3. The lowest BCUT2D eigenvalue weighted by Gasteiger charge is -2.40. The third kappa shape index (κ3) is 5.72. The lowest BCUT2D eigenvalue weighted by atomic mass is 10.0. The van der Waals surface area contributed by atoms with E-state index in [-0.39, 0.29) is 22.0 Å². The highest BCUT2D eigenvalue weighted by Crippen LogP contribution is 2.32. The minimum Gasteiger partial charge on any atom is -0.379 e. The molecule has 1 aromatic rings. The first-order valence-corrected chi connectivity index (χ1v) is 8.63. The van der Waals surface area contributed by atoms with Crippen molar-refractivity contribution >= 4 is 23.6 Å². The Balaban J connectivity index is 1.97. The van der Waals surface area contributed by atoms with Gasteiger partial charge in [0.1, 0.15) is 0 Å². The third-order valence-corrected chi connectivity index (χ3v) is 4.64. The minimum atomic E-state index is -4.46. The zero-order valence-corrected chi connectivity index (χ0v) is 15.5. The van der Waals surface area contributed by atoms with Crippen LogP contribution in [0.5, 0.6) is 0 Å². The summed E-state index contributed by atoms with van der Waals surface area (Å²) in [6.45, 7) is 7.35. The van der Waals surface area contributed by atoms with Crippen LogP contribution in [0.3, 0.4) is 0 Å². The van der Waals surface area contributed by atoms with Gasteiger partial charge in [0.2, 0.25) is 5.91 Å². The summed E-state index contributed by atoms with van der Waals surface area (Å²) in [5.74, 6) is -0.389. The average Bonchev–Trinajstić information content (AvgIpc) is 2.59. The first kappa shape index (κ1) is 20.7. The fraction of sp³-hybridized carbons (Fsp3) is 0.500. The Morgan fingerprint density at radius 2 is 1.96 bits per heavy atom. The van der Waals surface area contributed by atoms with E-state index in [9.17, 15) is 18.0 Å². The highest BCUT2D eigenvalue weighted by atomic mass is 35.5. The van der Waals surface area contributed by atoms with Crippen molar-refractivity contribution < 1.29 is 22.7 Å². The number of morpholine rings is 1. The fourth-order valence-corrected chi connectivity index (χ4v) is 2.84.